The molecular weight excluding hydrogens is 310 g/mol. The van der Waals surface area contributed by atoms with Crippen LogP contribution in [0.1, 0.15) is 31.4 Å². The second kappa shape index (κ2) is 5.00. The Labute approximate surface area is 138 Å². The molecule has 2 heterocycles. The molecular formula is C18H18F2N4. The number of pyridine rings is 1. The third kappa shape index (κ3) is 2.33. The largest absolute Gasteiger partial charge is 0.384 e. The molecule has 0 atom stereocenters. The molecule has 1 aliphatic rings. The minimum absolute atomic E-state index is 0.134. The molecule has 0 spiro atoms. The summed E-state index contributed by atoms with van der Waals surface area (Å²) >= 11 is 0. The van der Waals surface area contributed by atoms with Crippen molar-refractivity contribution in [3.8, 4) is 11.3 Å². The van der Waals surface area contributed by atoms with Gasteiger partial charge in [-0.05, 0) is 47.9 Å². The maximum absolute atomic E-state index is 13.7. The van der Waals surface area contributed by atoms with Crippen LogP contribution in [0.4, 0.5) is 14.6 Å². The SMILES string of the molecule is CC1(C)CCc2c(-c3cc(F)cc(F)c3)nc3n[nH]c(N)c3c2C1. The number of hydrogen-bond donors (Lipinski definition) is 2. The highest BCUT2D eigenvalue weighted by Gasteiger charge is 2.31. The van der Waals surface area contributed by atoms with E-state index in [-0.39, 0.29) is 5.41 Å². The summed E-state index contributed by atoms with van der Waals surface area (Å²) in [5, 5.41) is 7.76. The van der Waals surface area contributed by atoms with Crippen LogP contribution in [0.25, 0.3) is 22.3 Å². The molecule has 4 nitrogen and oxygen atoms in total. The Morgan fingerprint density at radius 3 is 2.54 bits per heavy atom. The van der Waals surface area contributed by atoms with E-state index in [9.17, 15) is 8.78 Å². The van der Waals surface area contributed by atoms with Crippen LogP contribution in [0.15, 0.2) is 18.2 Å². The lowest BCUT2D eigenvalue weighted by molar-refractivity contribution is 0.317. The summed E-state index contributed by atoms with van der Waals surface area (Å²) in [5.41, 5.74) is 9.80. The van der Waals surface area contributed by atoms with Gasteiger partial charge in [0.15, 0.2) is 5.65 Å². The first-order chi connectivity index (χ1) is 11.3. The number of benzene rings is 1. The van der Waals surface area contributed by atoms with Gasteiger partial charge < -0.3 is 5.73 Å². The molecule has 0 radical (unpaired) electrons. The van der Waals surface area contributed by atoms with Crippen LogP contribution in [-0.4, -0.2) is 15.2 Å². The van der Waals surface area contributed by atoms with Gasteiger partial charge in [0.05, 0.1) is 11.1 Å². The number of aromatic amines is 1. The monoisotopic (exact) mass is 328 g/mol. The number of aromatic nitrogens is 3. The molecule has 0 amide bonds. The number of hydrogen-bond acceptors (Lipinski definition) is 3. The van der Waals surface area contributed by atoms with Crippen LogP contribution in [0.2, 0.25) is 0 Å². The summed E-state index contributed by atoms with van der Waals surface area (Å²) in [7, 11) is 0. The maximum Gasteiger partial charge on any atom is 0.183 e. The molecule has 0 aliphatic heterocycles. The minimum atomic E-state index is -0.613. The third-order valence-electron chi connectivity index (χ3n) is 4.79. The average molecular weight is 328 g/mol. The van der Waals surface area contributed by atoms with Gasteiger partial charge in [-0.15, -0.1) is 0 Å². The van der Waals surface area contributed by atoms with Gasteiger partial charge in [0.25, 0.3) is 0 Å². The predicted molar refractivity (Wildman–Crippen MR) is 89.5 cm³/mol. The van der Waals surface area contributed by atoms with Crippen molar-refractivity contribution in [2.24, 2.45) is 5.41 Å². The van der Waals surface area contributed by atoms with Gasteiger partial charge in [-0.3, -0.25) is 5.10 Å². The van der Waals surface area contributed by atoms with E-state index >= 15 is 0 Å². The first kappa shape index (κ1) is 15.1. The molecule has 2 aromatic heterocycles. The number of anilines is 1. The number of rotatable bonds is 1. The number of nitrogens with two attached hydrogens (primary N) is 1. The Hall–Kier alpha value is -2.50. The lowest BCUT2D eigenvalue weighted by Crippen LogP contribution is -2.23. The van der Waals surface area contributed by atoms with Crippen molar-refractivity contribution in [2.45, 2.75) is 33.1 Å². The molecule has 0 saturated carbocycles. The van der Waals surface area contributed by atoms with Crippen molar-refractivity contribution in [1.29, 1.82) is 0 Å². The Balaban J connectivity index is 2.04. The molecule has 6 heteroatoms. The second-order valence-corrected chi connectivity index (χ2v) is 7.25. The summed E-state index contributed by atoms with van der Waals surface area (Å²) in [5.74, 6) is -0.736. The average Bonchev–Trinajstić information content (AvgIpc) is 2.86. The molecule has 1 aromatic carbocycles. The van der Waals surface area contributed by atoms with Gasteiger partial charge in [0, 0.05) is 11.6 Å². The topological polar surface area (TPSA) is 67.6 Å². The molecule has 24 heavy (non-hydrogen) atoms. The van der Waals surface area contributed by atoms with Crippen LogP contribution in [-0.2, 0) is 12.8 Å². The van der Waals surface area contributed by atoms with Crippen LogP contribution < -0.4 is 5.73 Å². The molecule has 4 rings (SSSR count). The van der Waals surface area contributed by atoms with Gasteiger partial charge in [0.1, 0.15) is 17.5 Å². The number of halogens is 2. The lowest BCUT2D eigenvalue weighted by Gasteiger charge is -2.32. The third-order valence-corrected chi connectivity index (χ3v) is 4.79. The molecule has 0 bridgehead atoms. The molecule has 0 unspecified atom stereocenters. The highest BCUT2D eigenvalue weighted by atomic mass is 19.1. The Morgan fingerprint density at radius 1 is 1.12 bits per heavy atom. The molecule has 0 fully saturated rings. The quantitative estimate of drug-likeness (QED) is 0.709. The maximum atomic E-state index is 13.7. The molecule has 1 aliphatic carbocycles. The van der Waals surface area contributed by atoms with Crippen molar-refractivity contribution in [3.05, 3.63) is 41.0 Å². The summed E-state index contributed by atoms with van der Waals surface area (Å²) in [6, 6.07) is 3.49. The van der Waals surface area contributed by atoms with E-state index < -0.39 is 11.6 Å². The zero-order chi connectivity index (χ0) is 17.1. The second-order valence-electron chi connectivity index (χ2n) is 7.25. The number of H-pyrrole nitrogens is 1. The van der Waals surface area contributed by atoms with E-state index in [4.69, 9.17) is 5.73 Å². The number of nitrogen functional groups attached to an aromatic ring is 1. The van der Waals surface area contributed by atoms with Crippen LogP contribution in [0, 0.1) is 17.0 Å². The van der Waals surface area contributed by atoms with Gasteiger partial charge in [-0.2, -0.15) is 5.10 Å². The van der Waals surface area contributed by atoms with Crippen molar-refractivity contribution < 1.29 is 8.78 Å². The number of fused-ring (bicyclic) bond motifs is 3. The highest BCUT2D eigenvalue weighted by molar-refractivity contribution is 5.93. The van der Waals surface area contributed by atoms with E-state index in [2.05, 4.69) is 29.0 Å². The number of nitrogens with one attached hydrogen (secondary N) is 1. The minimum Gasteiger partial charge on any atom is -0.384 e. The molecule has 124 valence electrons. The van der Waals surface area contributed by atoms with Crippen molar-refractivity contribution in [1.82, 2.24) is 15.2 Å². The first-order valence-electron chi connectivity index (χ1n) is 7.96. The Bertz CT molecular complexity index is 939. The summed E-state index contributed by atoms with van der Waals surface area (Å²) in [4.78, 5) is 4.55. The smallest absolute Gasteiger partial charge is 0.183 e. The Morgan fingerprint density at radius 2 is 1.83 bits per heavy atom. The predicted octanol–water partition coefficient (Wildman–Crippen LogP) is 4.00. The highest BCUT2D eigenvalue weighted by Crippen LogP contribution is 2.42. The fourth-order valence-electron chi connectivity index (χ4n) is 3.62. The zero-order valence-electron chi connectivity index (χ0n) is 13.6. The number of nitrogens with zero attached hydrogens (tertiary/aromatic N) is 2. The summed E-state index contributed by atoms with van der Waals surface area (Å²) < 4.78 is 27.4. The Kier molecular flexibility index (Phi) is 3.13. The fraction of sp³-hybridized carbons (Fsp3) is 0.333. The fourth-order valence-corrected chi connectivity index (χ4v) is 3.62. The van der Waals surface area contributed by atoms with Crippen LogP contribution in [0.5, 0.6) is 0 Å². The van der Waals surface area contributed by atoms with E-state index in [0.29, 0.717) is 22.7 Å². The first-order valence-corrected chi connectivity index (χ1v) is 7.96. The van der Waals surface area contributed by atoms with E-state index in [1.165, 1.54) is 12.1 Å². The van der Waals surface area contributed by atoms with Crippen LogP contribution in [0.3, 0.4) is 0 Å². The van der Waals surface area contributed by atoms with E-state index in [1.807, 2.05) is 0 Å². The standard InChI is InChI=1S/C18H18F2N4/c1-18(2)4-3-12-13(8-18)14-16(21)23-24-17(14)22-15(12)9-5-10(19)7-11(20)6-9/h5-7H,3-4,8H2,1-2H3,(H3,21,22,23,24). The van der Waals surface area contributed by atoms with Crippen molar-refractivity contribution >= 4 is 16.9 Å². The lowest BCUT2D eigenvalue weighted by atomic mass is 9.73. The van der Waals surface area contributed by atoms with Crippen LogP contribution >= 0.6 is 0 Å². The zero-order valence-corrected chi connectivity index (χ0v) is 13.6. The van der Waals surface area contributed by atoms with Gasteiger partial charge in [-0.25, -0.2) is 13.8 Å². The van der Waals surface area contributed by atoms with Gasteiger partial charge >= 0.3 is 0 Å². The van der Waals surface area contributed by atoms with E-state index in [0.717, 1.165) is 41.8 Å². The van der Waals surface area contributed by atoms with Gasteiger partial charge in [-0.1, -0.05) is 13.8 Å². The van der Waals surface area contributed by atoms with Gasteiger partial charge in [0.2, 0.25) is 0 Å². The summed E-state index contributed by atoms with van der Waals surface area (Å²) in [6.45, 7) is 4.42. The normalized spacial score (nSPS) is 16.3. The van der Waals surface area contributed by atoms with Crippen molar-refractivity contribution in [3.63, 3.8) is 0 Å². The molecule has 3 aromatic rings. The van der Waals surface area contributed by atoms with E-state index in [1.54, 1.807) is 0 Å². The molecule has 0 saturated heterocycles. The van der Waals surface area contributed by atoms with Crippen molar-refractivity contribution in [2.75, 3.05) is 5.73 Å². The molecule has 3 N–H and O–H groups in total. The summed E-state index contributed by atoms with van der Waals surface area (Å²) in [6.07, 6.45) is 2.61.